The van der Waals surface area contributed by atoms with Gasteiger partial charge in [-0.3, -0.25) is 0 Å². The molecule has 3 nitrogen and oxygen atoms in total. The summed E-state index contributed by atoms with van der Waals surface area (Å²) >= 11 is 0. The lowest BCUT2D eigenvalue weighted by Gasteiger charge is -2.27. The SMILES string of the molecule is CC(C)(CNCCC1COCCN1)c1ccccc1. The molecular formula is C16H26N2O. The monoisotopic (exact) mass is 262 g/mol. The third-order valence-corrected chi connectivity index (χ3v) is 3.79. The Bertz CT molecular complexity index is 358. The number of ether oxygens (including phenoxy) is 1. The molecule has 3 heteroatoms. The smallest absolute Gasteiger partial charge is 0.0620 e. The van der Waals surface area contributed by atoms with Crippen molar-refractivity contribution in [3.05, 3.63) is 35.9 Å². The largest absolute Gasteiger partial charge is 0.379 e. The van der Waals surface area contributed by atoms with Gasteiger partial charge < -0.3 is 15.4 Å². The molecule has 106 valence electrons. The molecule has 1 aliphatic rings. The first-order valence-corrected chi connectivity index (χ1v) is 7.26. The van der Waals surface area contributed by atoms with E-state index in [1.807, 2.05) is 0 Å². The van der Waals surface area contributed by atoms with Gasteiger partial charge in [-0.1, -0.05) is 44.2 Å². The second-order valence-electron chi connectivity index (χ2n) is 5.94. The van der Waals surface area contributed by atoms with Crippen LogP contribution in [0.25, 0.3) is 0 Å². The van der Waals surface area contributed by atoms with E-state index >= 15 is 0 Å². The summed E-state index contributed by atoms with van der Waals surface area (Å²) in [5, 5.41) is 7.06. The zero-order valence-corrected chi connectivity index (χ0v) is 12.1. The van der Waals surface area contributed by atoms with Crippen molar-refractivity contribution in [2.45, 2.75) is 31.7 Å². The Morgan fingerprint density at radius 2 is 2.11 bits per heavy atom. The summed E-state index contributed by atoms with van der Waals surface area (Å²) in [4.78, 5) is 0. The van der Waals surface area contributed by atoms with Gasteiger partial charge in [0.2, 0.25) is 0 Å². The average Bonchev–Trinajstić information content (AvgIpc) is 2.46. The highest BCUT2D eigenvalue weighted by atomic mass is 16.5. The number of benzene rings is 1. The van der Waals surface area contributed by atoms with Gasteiger partial charge in [0.15, 0.2) is 0 Å². The van der Waals surface area contributed by atoms with Crippen molar-refractivity contribution < 1.29 is 4.74 Å². The van der Waals surface area contributed by atoms with Gasteiger partial charge in [0.25, 0.3) is 0 Å². The van der Waals surface area contributed by atoms with Crippen LogP contribution in [-0.2, 0) is 10.2 Å². The summed E-state index contributed by atoms with van der Waals surface area (Å²) in [6.07, 6.45) is 1.13. The summed E-state index contributed by atoms with van der Waals surface area (Å²) < 4.78 is 5.46. The van der Waals surface area contributed by atoms with Gasteiger partial charge in [-0.25, -0.2) is 0 Å². The maximum absolute atomic E-state index is 5.46. The third-order valence-electron chi connectivity index (χ3n) is 3.79. The lowest BCUT2D eigenvalue weighted by atomic mass is 9.84. The van der Waals surface area contributed by atoms with Crippen LogP contribution in [0.3, 0.4) is 0 Å². The molecule has 0 saturated carbocycles. The summed E-state index contributed by atoms with van der Waals surface area (Å²) in [6.45, 7) is 9.31. The molecule has 1 aromatic carbocycles. The van der Waals surface area contributed by atoms with E-state index in [0.29, 0.717) is 6.04 Å². The van der Waals surface area contributed by atoms with Gasteiger partial charge in [0.05, 0.1) is 13.2 Å². The molecule has 1 fully saturated rings. The zero-order chi connectivity index (χ0) is 13.6. The van der Waals surface area contributed by atoms with Gasteiger partial charge in [0, 0.05) is 24.5 Å². The minimum Gasteiger partial charge on any atom is -0.379 e. The molecule has 0 bridgehead atoms. The van der Waals surface area contributed by atoms with Gasteiger partial charge >= 0.3 is 0 Å². The van der Waals surface area contributed by atoms with E-state index in [2.05, 4.69) is 54.8 Å². The maximum Gasteiger partial charge on any atom is 0.0620 e. The molecule has 0 spiro atoms. The fourth-order valence-electron chi connectivity index (χ4n) is 2.47. The van der Waals surface area contributed by atoms with Crippen LogP contribution in [0.5, 0.6) is 0 Å². The second kappa shape index (κ2) is 7.04. The predicted octanol–water partition coefficient (Wildman–Crippen LogP) is 1.93. The lowest BCUT2D eigenvalue weighted by molar-refractivity contribution is 0.0742. The van der Waals surface area contributed by atoms with Crippen molar-refractivity contribution in [3.8, 4) is 0 Å². The minimum atomic E-state index is 0.178. The number of hydrogen-bond donors (Lipinski definition) is 2. The highest BCUT2D eigenvalue weighted by Crippen LogP contribution is 2.21. The van der Waals surface area contributed by atoms with Crippen LogP contribution in [0.15, 0.2) is 30.3 Å². The summed E-state index contributed by atoms with van der Waals surface area (Å²) in [6, 6.07) is 11.2. The first-order valence-electron chi connectivity index (χ1n) is 7.26. The maximum atomic E-state index is 5.46. The molecule has 0 radical (unpaired) electrons. The molecule has 1 atom stereocenters. The fraction of sp³-hybridized carbons (Fsp3) is 0.625. The van der Waals surface area contributed by atoms with Crippen LogP contribution in [0.1, 0.15) is 25.8 Å². The van der Waals surface area contributed by atoms with Crippen LogP contribution >= 0.6 is 0 Å². The lowest BCUT2D eigenvalue weighted by Crippen LogP contribution is -2.43. The van der Waals surface area contributed by atoms with Crippen molar-refractivity contribution in [2.24, 2.45) is 0 Å². The fourth-order valence-corrected chi connectivity index (χ4v) is 2.47. The van der Waals surface area contributed by atoms with Gasteiger partial charge in [0.1, 0.15) is 0 Å². The van der Waals surface area contributed by atoms with Crippen molar-refractivity contribution in [1.29, 1.82) is 0 Å². The van der Waals surface area contributed by atoms with Crippen molar-refractivity contribution in [1.82, 2.24) is 10.6 Å². The Hall–Kier alpha value is -0.900. The molecule has 1 saturated heterocycles. The van der Waals surface area contributed by atoms with Crippen molar-refractivity contribution >= 4 is 0 Å². The van der Waals surface area contributed by atoms with Crippen molar-refractivity contribution in [2.75, 3.05) is 32.8 Å². The Balaban J connectivity index is 1.69. The Kier molecular flexibility index (Phi) is 5.37. The van der Waals surface area contributed by atoms with E-state index in [4.69, 9.17) is 4.74 Å². The van der Waals surface area contributed by atoms with E-state index in [-0.39, 0.29) is 5.41 Å². The number of rotatable bonds is 6. The van der Waals surface area contributed by atoms with Crippen LogP contribution < -0.4 is 10.6 Å². The summed E-state index contributed by atoms with van der Waals surface area (Å²) in [7, 11) is 0. The molecule has 1 heterocycles. The van der Waals surface area contributed by atoms with Crippen LogP contribution in [-0.4, -0.2) is 38.9 Å². The highest BCUT2D eigenvalue weighted by Gasteiger charge is 2.20. The molecule has 19 heavy (non-hydrogen) atoms. The van der Waals surface area contributed by atoms with E-state index < -0.39 is 0 Å². The predicted molar refractivity (Wildman–Crippen MR) is 79.6 cm³/mol. The van der Waals surface area contributed by atoms with Gasteiger partial charge in [-0.15, -0.1) is 0 Å². The van der Waals surface area contributed by atoms with E-state index in [1.165, 1.54) is 5.56 Å². The number of hydrogen-bond acceptors (Lipinski definition) is 3. The zero-order valence-electron chi connectivity index (χ0n) is 12.1. The Morgan fingerprint density at radius 3 is 2.79 bits per heavy atom. The minimum absolute atomic E-state index is 0.178. The molecule has 0 aliphatic carbocycles. The highest BCUT2D eigenvalue weighted by molar-refractivity contribution is 5.23. The summed E-state index contributed by atoms with van der Waals surface area (Å²) in [5.41, 5.74) is 1.57. The molecule has 0 aromatic heterocycles. The first-order chi connectivity index (χ1) is 9.18. The van der Waals surface area contributed by atoms with Crippen molar-refractivity contribution in [3.63, 3.8) is 0 Å². The standard InChI is InChI=1S/C16H26N2O/c1-16(2,14-6-4-3-5-7-14)13-17-9-8-15-12-19-11-10-18-15/h3-7,15,17-18H,8-13H2,1-2H3. The Morgan fingerprint density at radius 1 is 1.32 bits per heavy atom. The summed E-state index contributed by atoms with van der Waals surface area (Å²) in [5.74, 6) is 0. The molecule has 1 aromatic rings. The van der Waals surface area contributed by atoms with Crippen LogP contribution in [0.2, 0.25) is 0 Å². The second-order valence-corrected chi connectivity index (χ2v) is 5.94. The number of nitrogens with one attached hydrogen (secondary N) is 2. The molecule has 2 rings (SSSR count). The topological polar surface area (TPSA) is 33.3 Å². The van der Waals surface area contributed by atoms with Crippen LogP contribution in [0, 0.1) is 0 Å². The quantitative estimate of drug-likeness (QED) is 0.769. The average molecular weight is 262 g/mol. The number of morpholine rings is 1. The van der Waals surface area contributed by atoms with E-state index in [9.17, 15) is 0 Å². The van der Waals surface area contributed by atoms with Gasteiger partial charge in [-0.05, 0) is 18.5 Å². The third kappa shape index (κ3) is 4.60. The van der Waals surface area contributed by atoms with E-state index in [0.717, 1.165) is 39.3 Å². The molecular weight excluding hydrogens is 236 g/mol. The molecule has 2 N–H and O–H groups in total. The molecule has 1 aliphatic heterocycles. The first kappa shape index (κ1) is 14.5. The molecule has 0 amide bonds. The normalized spacial score (nSPS) is 20.4. The van der Waals surface area contributed by atoms with E-state index in [1.54, 1.807) is 0 Å². The van der Waals surface area contributed by atoms with Gasteiger partial charge in [-0.2, -0.15) is 0 Å². The molecule has 1 unspecified atom stereocenters. The Labute approximate surface area is 116 Å². The van der Waals surface area contributed by atoms with Crippen LogP contribution in [0.4, 0.5) is 0 Å².